The maximum Gasteiger partial charge on any atom is 0.255 e. The molecular formula is C18H19N11. The molecule has 29 heavy (non-hydrogen) atoms. The molecule has 0 spiro atoms. The van der Waals surface area contributed by atoms with Gasteiger partial charge < -0.3 is 0 Å². The van der Waals surface area contributed by atoms with Crippen LogP contribution in [0.1, 0.15) is 38.0 Å². The second-order valence-corrected chi connectivity index (χ2v) is 7.51. The van der Waals surface area contributed by atoms with Crippen molar-refractivity contribution in [2.75, 3.05) is 0 Å². The minimum absolute atomic E-state index is 0.263. The lowest BCUT2D eigenvalue weighted by atomic mass is 9.91. The van der Waals surface area contributed by atoms with Crippen molar-refractivity contribution in [1.29, 1.82) is 0 Å². The molecule has 4 rings (SSSR count). The second-order valence-electron chi connectivity index (χ2n) is 7.51. The molecule has 0 atom stereocenters. The number of hydrogen-bond donors (Lipinski definition) is 1. The molecule has 4 aromatic rings. The zero-order chi connectivity index (χ0) is 20.8. The van der Waals surface area contributed by atoms with E-state index in [2.05, 4.69) is 45.4 Å². The van der Waals surface area contributed by atoms with Gasteiger partial charge in [-0.1, -0.05) is 20.8 Å². The van der Waals surface area contributed by atoms with Crippen LogP contribution in [0.3, 0.4) is 0 Å². The normalized spacial score (nSPS) is 12.1. The molecule has 0 aliphatic heterocycles. The number of rotatable bonds is 3. The molecule has 1 N–H and O–H groups in total. The summed E-state index contributed by atoms with van der Waals surface area (Å²) in [4.78, 5) is 12.0. The Labute approximate surface area is 166 Å². The molecule has 4 aromatic heterocycles. The summed E-state index contributed by atoms with van der Waals surface area (Å²) < 4.78 is 3.12. The second kappa shape index (κ2) is 6.59. The molecule has 0 saturated heterocycles. The van der Waals surface area contributed by atoms with Crippen LogP contribution in [0.4, 0.5) is 17.2 Å². The minimum Gasteiger partial charge on any atom is -0.258 e. The average molecular weight is 389 g/mol. The van der Waals surface area contributed by atoms with Gasteiger partial charge in [0, 0.05) is 17.8 Å². The molecule has 4 heterocycles. The number of fused-ring (bicyclic) bond motifs is 1. The fourth-order valence-electron chi connectivity index (χ4n) is 2.89. The molecule has 0 aliphatic carbocycles. The standard InChI is InChI=1S/C18H19N11/c1-10-12(19-6)15(29(26-10)17-20-8-7-9-21-17)25-23-13-14(18(3,4)5)27-28-11(2)22-24-16(13)28/h7-9,24H,1-5H3/b25-23+. The minimum atomic E-state index is -0.269. The number of aryl methyl sites for hydroxylation is 2. The Balaban J connectivity index is 1.91. The van der Waals surface area contributed by atoms with Gasteiger partial charge in [0.2, 0.25) is 0 Å². The van der Waals surface area contributed by atoms with Crippen LogP contribution in [0, 0.1) is 20.4 Å². The number of nitrogens with zero attached hydrogens (tertiary/aromatic N) is 10. The molecular weight excluding hydrogens is 370 g/mol. The first kappa shape index (κ1) is 18.4. The van der Waals surface area contributed by atoms with Crippen LogP contribution in [0.5, 0.6) is 0 Å². The Kier molecular flexibility index (Phi) is 4.19. The first-order chi connectivity index (χ1) is 13.8. The summed E-state index contributed by atoms with van der Waals surface area (Å²) in [6.07, 6.45) is 3.20. The lowest BCUT2D eigenvalue weighted by molar-refractivity contribution is 0.561. The molecule has 0 aromatic carbocycles. The van der Waals surface area contributed by atoms with E-state index in [0.717, 1.165) is 5.69 Å². The van der Waals surface area contributed by atoms with Crippen molar-refractivity contribution >= 4 is 22.8 Å². The van der Waals surface area contributed by atoms with Gasteiger partial charge in [-0.3, -0.25) is 5.10 Å². The van der Waals surface area contributed by atoms with Gasteiger partial charge in [0.25, 0.3) is 11.6 Å². The molecule has 11 heteroatoms. The zero-order valence-corrected chi connectivity index (χ0v) is 16.7. The SMILES string of the molecule is [C-]#[N+]c1c(C)nn(-c2ncccn2)c1/N=N/c1c(C(C)(C)C)nn2c(C)n[nH]c12. The lowest BCUT2D eigenvalue weighted by Crippen LogP contribution is -2.12. The highest BCUT2D eigenvalue weighted by atomic mass is 15.4. The lowest BCUT2D eigenvalue weighted by Gasteiger charge is -2.15. The Morgan fingerprint density at radius 2 is 1.83 bits per heavy atom. The highest BCUT2D eigenvalue weighted by Gasteiger charge is 2.27. The predicted molar refractivity (Wildman–Crippen MR) is 105 cm³/mol. The summed E-state index contributed by atoms with van der Waals surface area (Å²) >= 11 is 0. The third-order valence-electron chi connectivity index (χ3n) is 4.30. The number of nitrogens with one attached hydrogen (secondary N) is 1. The largest absolute Gasteiger partial charge is 0.258 e. The molecule has 0 saturated carbocycles. The maximum atomic E-state index is 7.53. The predicted octanol–water partition coefficient (Wildman–Crippen LogP) is 3.91. The number of azo groups is 1. The van der Waals surface area contributed by atoms with E-state index in [1.54, 1.807) is 29.9 Å². The van der Waals surface area contributed by atoms with E-state index in [1.807, 2.05) is 27.7 Å². The van der Waals surface area contributed by atoms with E-state index >= 15 is 0 Å². The average Bonchev–Trinajstić information content (AvgIpc) is 3.33. The smallest absolute Gasteiger partial charge is 0.255 e. The van der Waals surface area contributed by atoms with E-state index in [4.69, 9.17) is 6.57 Å². The Bertz CT molecular complexity index is 1260. The summed E-state index contributed by atoms with van der Waals surface area (Å²) in [5.74, 6) is 1.29. The molecule has 0 amide bonds. The van der Waals surface area contributed by atoms with Gasteiger partial charge in [-0.15, -0.1) is 10.2 Å². The van der Waals surface area contributed by atoms with Gasteiger partial charge in [0.15, 0.2) is 17.2 Å². The van der Waals surface area contributed by atoms with Gasteiger partial charge >= 0.3 is 0 Å². The van der Waals surface area contributed by atoms with Crippen LogP contribution in [0.2, 0.25) is 0 Å². The summed E-state index contributed by atoms with van der Waals surface area (Å²) in [5.41, 5.74) is 2.51. The van der Waals surface area contributed by atoms with Crippen molar-refractivity contribution in [2.24, 2.45) is 10.2 Å². The molecule has 0 unspecified atom stereocenters. The van der Waals surface area contributed by atoms with Crippen molar-refractivity contribution in [2.45, 2.75) is 40.0 Å². The van der Waals surface area contributed by atoms with Gasteiger partial charge in [-0.25, -0.2) is 14.8 Å². The third-order valence-corrected chi connectivity index (χ3v) is 4.30. The van der Waals surface area contributed by atoms with Crippen LogP contribution >= 0.6 is 0 Å². The van der Waals surface area contributed by atoms with Crippen molar-refractivity contribution in [3.8, 4) is 5.95 Å². The Hall–Kier alpha value is -3.94. The van der Waals surface area contributed by atoms with Gasteiger partial charge in [-0.05, 0) is 19.9 Å². The van der Waals surface area contributed by atoms with Crippen LogP contribution in [0.15, 0.2) is 28.7 Å². The summed E-state index contributed by atoms with van der Waals surface area (Å²) in [6, 6.07) is 1.70. The van der Waals surface area contributed by atoms with E-state index in [9.17, 15) is 0 Å². The molecule has 0 aliphatic rings. The van der Waals surface area contributed by atoms with E-state index in [-0.39, 0.29) is 11.2 Å². The number of aromatic amines is 1. The highest BCUT2D eigenvalue weighted by Crippen LogP contribution is 2.38. The van der Waals surface area contributed by atoms with Crippen LogP contribution < -0.4 is 0 Å². The van der Waals surface area contributed by atoms with E-state index in [1.165, 1.54) is 4.68 Å². The summed E-state index contributed by atoms with van der Waals surface area (Å²) in [6.45, 7) is 17.3. The maximum absolute atomic E-state index is 7.53. The van der Waals surface area contributed by atoms with Gasteiger partial charge in [0.1, 0.15) is 5.82 Å². The third kappa shape index (κ3) is 3.04. The zero-order valence-electron chi connectivity index (χ0n) is 16.7. The van der Waals surface area contributed by atoms with Crippen molar-refractivity contribution < 1.29 is 0 Å². The van der Waals surface area contributed by atoms with E-state index < -0.39 is 0 Å². The number of hydrogen-bond acceptors (Lipinski definition) is 7. The van der Waals surface area contributed by atoms with Crippen LogP contribution in [0.25, 0.3) is 16.4 Å². The van der Waals surface area contributed by atoms with Crippen LogP contribution in [-0.2, 0) is 5.41 Å². The van der Waals surface area contributed by atoms with Crippen molar-refractivity contribution in [1.82, 2.24) is 39.6 Å². The fourth-order valence-corrected chi connectivity index (χ4v) is 2.89. The monoisotopic (exact) mass is 389 g/mol. The van der Waals surface area contributed by atoms with Crippen molar-refractivity contribution in [3.05, 3.63) is 47.1 Å². The van der Waals surface area contributed by atoms with Crippen LogP contribution in [-0.4, -0.2) is 39.6 Å². The van der Waals surface area contributed by atoms with Crippen molar-refractivity contribution in [3.63, 3.8) is 0 Å². The molecule has 146 valence electrons. The van der Waals surface area contributed by atoms with E-state index in [0.29, 0.717) is 34.5 Å². The first-order valence-corrected chi connectivity index (χ1v) is 8.91. The molecule has 0 fully saturated rings. The molecule has 0 radical (unpaired) electrons. The van der Waals surface area contributed by atoms with Gasteiger partial charge in [-0.2, -0.15) is 24.5 Å². The fraction of sp³-hybridized carbons (Fsp3) is 0.333. The van der Waals surface area contributed by atoms with Gasteiger partial charge in [0.05, 0.1) is 18.0 Å². The highest BCUT2D eigenvalue weighted by molar-refractivity contribution is 5.70. The Morgan fingerprint density at radius 1 is 1.10 bits per heavy atom. The Morgan fingerprint density at radius 3 is 2.48 bits per heavy atom. The topological polar surface area (TPSA) is 119 Å². The number of H-pyrrole nitrogens is 1. The first-order valence-electron chi connectivity index (χ1n) is 8.91. The number of aromatic nitrogens is 8. The molecule has 11 nitrogen and oxygen atoms in total. The molecule has 0 bridgehead atoms. The quantitative estimate of drug-likeness (QED) is 0.421. The summed E-state index contributed by atoms with van der Waals surface area (Å²) in [5, 5.41) is 25.0. The summed E-state index contributed by atoms with van der Waals surface area (Å²) in [7, 11) is 0.